The van der Waals surface area contributed by atoms with E-state index in [2.05, 4.69) is 0 Å². The van der Waals surface area contributed by atoms with E-state index in [9.17, 15) is 24.6 Å². The molecule has 0 aromatic rings. The number of carbonyl (C=O) groups is 3. The summed E-state index contributed by atoms with van der Waals surface area (Å²) in [5, 5.41) is 22.8. The first-order valence-electron chi connectivity index (χ1n) is 11.1. The Labute approximate surface area is 185 Å². The molecule has 0 amide bonds. The van der Waals surface area contributed by atoms with Crippen LogP contribution < -0.4 is 0 Å². The summed E-state index contributed by atoms with van der Waals surface area (Å²) >= 11 is 0. The summed E-state index contributed by atoms with van der Waals surface area (Å²) < 4.78 is 37.5. The lowest BCUT2D eigenvalue weighted by Crippen LogP contribution is -2.71. The van der Waals surface area contributed by atoms with E-state index in [1.807, 2.05) is 0 Å². The molecule has 32 heavy (non-hydrogen) atoms. The summed E-state index contributed by atoms with van der Waals surface area (Å²) in [5.41, 5.74) is -6.81. The van der Waals surface area contributed by atoms with Crippen LogP contribution in [-0.2, 0) is 19.1 Å². The summed E-state index contributed by atoms with van der Waals surface area (Å²) in [6, 6.07) is 0. The van der Waals surface area contributed by atoms with Crippen LogP contribution in [0.1, 0.15) is 47.0 Å². The van der Waals surface area contributed by atoms with Crippen molar-refractivity contribution in [3.63, 3.8) is 0 Å². The molecule has 8 heteroatoms. The lowest BCUT2D eigenvalue weighted by Gasteiger charge is -2.63. The van der Waals surface area contributed by atoms with Crippen molar-refractivity contribution in [2.45, 2.75) is 70.5 Å². The van der Waals surface area contributed by atoms with Crippen molar-refractivity contribution < 1.29 is 38.1 Å². The number of alkyl halides is 2. The molecule has 0 radical (unpaired) electrons. The Kier molecular flexibility index (Phi) is 5.11. The standard InChI is InChI=1S/C24H30F2O6/c1-12-7-16-20-17(25)9-14-8-15(28)5-6-21(14,3)23(20,26)18(29)10-22(16,4)24(12,31)19(30)11-32-13(2)27/h5-6,8,12,16-18,20,29,31H,7,9-11H2,1-4H3/t12-,16+,17-,18+,20-,21+,22+,23-,24+/m1/s1. The number of halogens is 2. The largest absolute Gasteiger partial charge is 0.458 e. The van der Waals surface area contributed by atoms with Crippen molar-refractivity contribution >= 4 is 17.5 Å². The molecule has 0 bridgehead atoms. The van der Waals surface area contributed by atoms with Gasteiger partial charge in [0.05, 0.1) is 6.10 Å². The first kappa shape index (κ1) is 23.2. The fourth-order valence-corrected chi connectivity index (χ4v) is 7.36. The van der Waals surface area contributed by atoms with Gasteiger partial charge in [0.2, 0.25) is 5.78 Å². The molecule has 0 saturated heterocycles. The molecule has 3 saturated carbocycles. The Morgan fingerprint density at radius 1 is 1.31 bits per heavy atom. The second-order valence-corrected chi connectivity index (χ2v) is 10.5. The fraction of sp³-hybridized carbons (Fsp3) is 0.708. The molecule has 0 aliphatic heterocycles. The second kappa shape index (κ2) is 7.03. The Hall–Kier alpha value is -1.93. The maximum absolute atomic E-state index is 17.0. The van der Waals surface area contributed by atoms with Gasteiger partial charge < -0.3 is 14.9 Å². The van der Waals surface area contributed by atoms with Gasteiger partial charge in [-0.15, -0.1) is 0 Å². The third-order valence-corrected chi connectivity index (χ3v) is 9.03. The average Bonchev–Trinajstić information content (AvgIpc) is 2.89. The summed E-state index contributed by atoms with van der Waals surface area (Å²) in [7, 11) is 0. The molecule has 4 aliphatic carbocycles. The molecule has 0 spiro atoms. The first-order valence-corrected chi connectivity index (χ1v) is 11.1. The number of rotatable bonds is 3. The zero-order valence-electron chi connectivity index (χ0n) is 18.7. The van der Waals surface area contributed by atoms with Gasteiger partial charge in [-0.2, -0.15) is 0 Å². The number of aliphatic hydroxyl groups excluding tert-OH is 1. The van der Waals surface area contributed by atoms with E-state index < -0.39 is 70.5 Å². The van der Waals surface area contributed by atoms with Gasteiger partial charge in [0.15, 0.2) is 18.1 Å². The summed E-state index contributed by atoms with van der Waals surface area (Å²) in [5.74, 6) is -4.43. The topological polar surface area (TPSA) is 101 Å². The highest BCUT2D eigenvalue weighted by Crippen LogP contribution is 2.71. The van der Waals surface area contributed by atoms with Gasteiger partial charge in [-0.1, -0.05) is 25.5 Å². The quantitative estimate of drug-likeness (QED) is 0.638. The smallest absolute Gasteiger partial charge is 0.303 e. The van der Waals surface area contributed by atoms with Gasteiger partial charge in [-0.3, -0.25) is 14.4 Å². The number of aliphatic hydroxyl groups is 2. The first-order chi connectivity index (χ1) is 14.7. The van der Waals surface area contributed by atoms with Crippen molar-refractivity contribution in [3.8, 4) is 0 Å². The van der Waals surface area contributed by atoms with E-state index in [-0.39, 0.29) is 25.0 Å². The number of Topliss-reactive ketones (excluding diaryl/α,β-unsaturated/α-hetero) is 1. The molecule has 0 aromatic carbocycles. The predicted octanol–water partition coefficient (Wildman–Crippen LogP) is 2.41. The molecule has 0 aromatic heterocycles. The Morgan fingerprint density at radius 2 is 1.97 bits per heavy atom. The van der Waals surface area contributed by atoms with Gasteiger partial charge in [0, 0.05) is 30.1 Å². The molecule has 4 aliphatic rings. The molecule has 0 unspecified atom stereocenters. The highest BCUT2D eigenvalue weighted by atomic mass is 19.2. The molecular formula is C24H30F2O6. The average molecular weight is 452 g/mol. The van der Waals surface area contributed by atoms with Crippen molar-refractivity contribution in [2.75, 3.05) is 6.61 Å². The van der Waals surface area contributed by atoms with Crippen LogP contribution in [0.15, 0.2) is 23.8 Å². The van der Waals surface area contributed by atoms with Crippen LogP contribution in [0.4, 0.5) is 8.78 Å². The number of esters is 1. The SMILES string of the molecule is CC(=O)OCC(=O)[C@@]1(O)[C@H](C)C[C@H]2[C@@H]3[C@H](F)CC4=CC(=O)C=C[C@]4(C)[C@@]3(F)[C@@H](O)C[C@@]21C. The number of carbonyl (C=O) groups excluding carboxylic acids is 3. The van der Waals surface area contributed by atoms with Gasteiger partial charge in [0.25, 0.3) is 0 Å². The lowest BCUT2D eigenvalue weighted by atomic mass is 9.44. The van der Waals surface area contributed by atoms with Crippen LogP contribution >= 0.6 is 0 Å². The van der Waals surface area contributed by atoms with Crippen molar-refractivity contribution in [2.24, 2.45) is 28.6 Å². The third-order valence-electron chi connectivity index (χ3n) is 9.03. The zero-order chi connectivity index (χ0) is 23.9. The normalized spacial score (nSPS) is 49.6. The minimum absolute atomic E-state index is 0.156. The molecule has 9 atom stereocenters. The molecule has 3 fully saturated rings. The fourth-order valence-electron chi connectivity index (χ4n) is 7.36. The van der Waals surface area contributed by atoms with Gasteiger partial charge in [0.1, 0.15) is 11.8 Å². The zero-order valence-corrected chi connectivity index (χ0v) is 18.7. The monoisotopic (exact) mass is 452 g/mol. The molecule has 2 N–H and O–H groups in total. The van der Waals surface area contributed by atoms with E-state index in [1.54, 1.807) is 20.8 Å². The maximum atomic E-state index is 17.0. The number of hydrogen-bond donors (Lipinski definition) is 2. The minimum Gasteiger partial charge on any atom is -0.458 e. The lowest BCUT2D eigenvalue weighted by molar-refractivity contribution is -0.232. The summed E-state index contributed by atoms with van der Waals surface area (Å²) in [6.07, 6.45) is 0.294. The van der Waals surface area contributed by atoms with E-state index in [0.717, 1.165) is 6.92 Å². The van der Waals surface area contributed by atoms with Crippen LogP contribution in [0.25, 0.3) is 0 Å². The van der Waals surface area contributed by atoms with E-state index in [1.165, 1.54) is 18.2 Å². The van der Waals surface area contributed by atoms with Crippen LogP contribution in [0.5, 0.6) is 0 Å². The molecule has 6 nitrogen and oxygen atoms in total. The Morgan fingerprint density at radius 3 is 2.59 bits per heavy atom. The number of allylic oxidation sites excluding steroid dienone is 4. The number of fused-ring (bicyclic) bond motifs is 5. The van der Waals surface area contributed by atoms with Gasteiger partial charge in [-0.05, 0) is 43.8 Å². The highest BCUT2D eigenvalue weighted by molar-refractivity contribution is 6.01. The molecular weight excluding hydrogens is 422 g/mol. The molecule has 4 rings (SSSR count). The second-order valence-electron chi connectivity index (χ2n) is 10.5. The van der Waals surface area contributed by atoms with Gasteiger partial charge in [-0.25, -0.2) is 8.78 Å². The van der Waals surface area contributed by atoms with Crippen molar-refractivity contribution in [1.82, 2.24) is 0 Å². The van der Waals surface area contributed by atoms with Crippen LogP contribution in [-0.4, -0.2) is 57.9 Å². The molecule has 0 heterocycles. The van der Waals surface area contributed by atoms with Crippen LogP contribution in [0, 0.1) is 28.6 Å². The molecule has 176 valence electrons. The summed E-state index contributed by atoms with van der Waals surface area (Å²) in [6.45, 7) is 5.31. The van der Waals surface area contributed by atoms with Gasteiger partial charge >= 0.3 is 5.97 Å². The number of ketones is 2. The summed E-state index contributed by atoms with van der Waals surface area (Å²) in [4.78, 5) is 36.1. The Bertz CT molecular complexity index is 945. The minimum atomic E-state index is -2.41. The van der Waals surface area contributed by atoms with Crippen molar-refractivity contribution in [3.05, 3.63) is 23.8 Å². The third kappa shape index (κ3) is 2.65. The predicted molar refractivity (Wildman–Crippen MR) is 110 cm³/mol. The van der Waals surface area contributed by atoms with Crippen molar-refractivity contribution in [1.29, 1.82) is 0 Å². The van der Waals surface area contributed by atoms with E-state index in [0.29, 0.717) is 5.57 Å². The van der Waals surface area contributed by atoms with Crippen LogP contribution in [0.2, 0.25) is 0 Å². The highest BCUT2D eigenvalue weighted by Gasteiger charge is 2.77. The van der Waals surface area contributed by atoms with Crippen LogP contribution in [0.3, 0.4) is 0 Å². The number of ether oxygens (including phenoxy) is 1. The van der Waals surface area contributed by atoms with E-state index in [4.69, 9.17) is 4.74 Å². The van der Waals surface area contributed by atoms with E-state index >= 15 is 8.78 Å². The maximum Gasteiger partial charge on any atom is 0.303 e. The Balaban J connectivity index is 1.80. The number of hydrogen-bond acceptors (Lipinski definition) is 6.